The minimum Gasteiger partial charge on any atom is -0.477 e. The Morgan fingerprint density at radius 1 is 1.27 bits per heavy atom. The molecule has 0 bridgehead atoms. The highest BCUT2D eigenvalue weighted by Crippen LogP contribution is 2.25. The van der Waals surface area contributed by atoms with Gasteiger partial charge in [0.2, 0.25) is 0 Å². The molecule has 0 amide bonds. The van der Waals surface area contributed by atoms with Gasteiger partial charge >= 0.3 is 5.97 Å². The van der Waals surface area contributed by atoms with E-state index in [2.05, 4.69) is 4.98 Å². The highest BCUT2D eigenvalue weighted by atomic mass is 19.1. The Labute approximate surface area is 127 Å². The van der Waals surface area contributed by atoms with Crippen molar-refractivity contribution < 1.29 is 19.0 Å². The first-order valence-corrected chi connectivity index (χ1v) is 6.96. The van der Waals surface area contributed by atoms with E-state index in [-0.39, 0.29) is 17.6 Å². The fourth-order valence-electron chi connectivity index (χ4n) is 2.45. The van der Waals surface area contributed by atoms with Crippen LogP contribution in [0.25, 0.3) is 0 Å². The summed E-state index contributed by atoms with van der Waals surface area (Å²) in [4.78, 5) is 17.1. The molecule has 1 aromatic heterocycles. The molecule has 0 radical (unpaired) electrons. The van der Waals surface area contributed by atoms with Gasteiger partial charge in [-0.25, -0.2) is 14.2 Å². The Morgan fingerprint density at radius 2 is 2.05 bits per heavy atom. The second-order valence-electron chi connectivity index (χ2n) is 5.04. The normalized spacial score (nSPS) is 18.2. The van der Waals surface area contributed by atoms with E-state index in [0.29, 0.717) is 25.5 Å². The van der Waals surface area contributed by atoms with Crippen LogP contribution in [0.1, 0.15) is 22.2 Å². The van der Waals surface area contributed by atoms with Crippen LogP contribution in [-0.2, 0) is 4.74 Å². The number of nitrogens with zero attached hydrogens (tertiary/aromatic N) is 2. The quantitative estimate of drug-likeness (QED) is 0.944. The lowest BCUT2D eigenvalue weighted by Gasteiger charge is -2.34. The maximum atomic E-state index is 13.0. The van der Waals surface area contributed by atoms with Crippen molar-refractivity contribution in [3.8, 4) is 0 Å². The molecule has 1 fully saturated rings. The van der Waals surface area contributed by atoms with Gasteiger partial charge in [0.15, 0.2) is 5.69 Å². The number of pyridine rings is 1. The number of halogens is 1. The van der Waals surface area contributed by atoms with Crippen LogP contribution in [0.3, 0.4) is 0 Å². The predicted molar refractivity (Wildman–Crippen MR) is 78.5 cm³/mol. The Morgan fingerprint density at radius 3 is 2.77 bits per heavy atom. The maximum absolute atomic E-state index is 13.0. The Hall–Kier alpha value is -2.47. The van der Waals surface area contributed by atoms with Gasteiger partial charge in [-0.2, -0.15) is 0 Å². The van der Waals surface area contributed by atoms with Crippen molar-refractivity contribution in [1.29, 1.82) is 0 Å². The van der Waals surface area contributed by atoms with Gasteiger partial charge in [-0.1, -0.05) is 18.2 Å². The number of hydrogen-bond donors (Lipinski definition) is 1. The molecule has 0 aliphatic carbocycles. The van der Waals surface area contributed by atoms with Gasteiger partial charge < -0.3 is 14.7 Å². The zero-order valence-corrected chi connectivity index (χ0v) is 11.8. The van der Waals surface area contributed by atoms with Gasteiger partial charge in [-0.05, 0) is 29.8 Å². The zero-order chi connectivity index (χ0) is 15.5. The average Bonchev–Trinajstić information content (AvgIpc) is 2.56. The monoisotopic (exact) mass is 302 g/mol. The van der Waals surface area contributed by atoms with Crippen LogP contribution in [-0.4, -0.2) is 35.8 Å². The standard InChI is InChI=1S/C16H15FN2O3/c17-12-6-4-11(5-7-12)14-10-19(8-9-22-14)15-3-1-2-13(18-15)16(20)21/h1-7,14H,8-10H2,(H,20,21). The minimum absolute atomic E-state index is 0.0160. The molecule has 0 saturated carbocycles. The molecule has 1 aromatic carbocycles. The summed E-state index contributed by atoms with van der Waals surface area (Å²) < 4.78 is 18.7. The molecule has 0 spiro atoms. The lowest BCUT2D eigenvalue weighted by Crippen LogP contribution is -2.39. The Balaban J connectivity index is 1.79. The summed E-state index contributed by atoms with van der Waals surface area (Å²) in [7, 11) is 0. The van der Waals surface area contributed by atoms with E-state index in [9.17, 15) is 9.18 Å². The van der Waals surface area contributed by atoms with Crippen molar-refractivity contribution in [3.05, 3.63) is 59.5 Å². The third-order valence-corrected chi connectivity index (χ3v) is 3.59. The second-order valence-corrected chi connectivity index (χ2v) is 5.04. The van der Waals surface area contributed by atoms with Gasteiger partial charge in [-0.15, -0.1) is 0 Å². The Bertz CT molecular complexity index is 675. The summed E-state index contributed by atoms with van der Waals surface area (Å²) in [5, 5.41) is 9.02. The van der Waals surface area contributed by atoms with E-state index in [1.807, 2.05) is 4.90 Å². The number of aromatic carboxylic acids is 1. The van der Waals surface area contributed by atoms with Crippen LogP contribution in [0.2, 0.25) is 0 Å². The summed E-state index contributed by atoms with van der Waals surface area (Å²) in [5.74, 6) is -0.729. The third kappa shape index (κ3) is 3.07. The first kappa shape index (κ1) is 14.5. The number of carbonyl (C=O) groups is 1. The van der Waals surface area contributed by atoms with Crippen molar-refractivity contribution in [2.24, 2.45) is 0 Å². The summed E-state index contributed by atoms with van der Waals surface area (Å²) >= 11 is 0. The molecule has 1 aliphatic rings. The fourth-order valence-corrected chi connectivity index (χ4v) is 2.45. The highest BCUT2D eigenvalue weighted by molar-refractivity contribution is 5.85. The largest absolute Gasteiger partial charge is 0.477 e. The van der Waals surface area contributed by atoms with Crippen LogP contribution in [0.4, 0.5) is 10.2 Å². The predicted octanol–water partition coefficient (Wildman–Crippen LogP) is 2.50. The molecule has 1 N–H and O–H groups in total. The van der Waals surface area contributed by atoms with E-state index in [0.717, 1.165) is 5.56 Å². The van der Waals surface area contributed by atoms with Crippen molar-refractivity contribution in [2.45, 2.75) is 6.10 Å². The minimum atomic E-state index is -1.05. The number of rotatable bonds is 3. The number of carboxylic acids is 1. The van der Waals surface area contributed by atoms with Gasteiger partial charge in [0.25, 0.3) is 0 Å². The zero-order valence-electron chi connectivity index (χ0n) is 11.8. The summed E-state index contributed by atoms with van der Waals surface area (Å²) in [5.41, 5.74) is 0.905. The summed E-state index contributed by atoms with van der Waals surface area (Å²) in [6.45, 7) is 1.68. The van der Waals surface area contributed by atoms with Crippen LogP contribution in [0.15, 0.2) is 42.5 Å². The van der Waals surface area contributed by atoms with Crippen molar-refractivity contribution in [3.63, 3.8) is 0 Å². The van der Waals surface area contributed by atoms with Gasteiger partial charge in [0.1, 0.15) is 17.7 Å². The van der Waals surface area contributed by atoms with Crippen molar-refractivity contribution >= 4 is 11.8 Å². The van der Waals surface area contributed by atoms with Crippen molar-refractivity contribution in [1.82, 2.24) is 4.98 Å². The molecule has 22 heavy (non-hydrogen) atoms. The molecule has 2 aromatic rings. The van der Waals surface area contributed by atoms with Gasteiger partial charge in [0, 0.05) is 13.1 Å². The maximum Gasteiger partial charge on any atom is 0.354 e. The SMILES string of the molecule is O=C(O)c1cccc(N2CCOC(c3ccc(F)cc3)C2)n1. The van der Waals surface area contributed by atoms with E-state index in [1.54, 1.807) is 24.3 Å². The van der Waals surface area contributed by atoms with Crippen LogP contribution >= 0.6 is 0 Å². The van der Waals surface area contributed by atoms with Crippen LogP contribution in [0, 0.1) is 5.82 Å². The molecule has 1 unspecified atom stereocenters. The molecule has 2 heterocycles. The summed E-state index contributed by atoms with van der Waals surface area (Å²) in [6, 6.07) is 11.1. The van der Waals surface area contributed by atoms with Gasteiger partial charge in [0.05, 0.1) is 6.61 Å². The molecule has 6 heteroatoms. The topological polar surface area (TPSA) is 62.7 Å². The number of hydrogen-bond acceptors (Lipinski definition) is 4. The number of carboxylic acid groups (broad SMARTS) is 1. The molecule has 3 rings (SSSR count). The van der Waals surface area contributed by atoms with E-state index < -0.39 is 5.97 Å². The van der Waals surface area contributed by atoms with Gasteiger partial charge in [-0.3, -0.25) is 0 Å². The number of ether oxygens (including phenoxy) is 1. The number of aromatic nitrogens is 1. The molecule has 5 nitrogen and oxygen atoms in total. The smallest absolute Gasteiger partial charge is 0.354 e. The fraction of sp³-hybridized carbons (Fsp3) is 0.250. The van der Waals surface area contributed by atoms with Crippen LogP contribution in [0.5, 0.6) is 0 Å². The van der Waals surface area contributed by atoms with E-state index in [1.165, 1.54) is 18.2 Å². The number of anilines is 1. The highest BCUT2D eigenvalue weighted by Gasteiger charge is 2.23. The lowest BCUT2D eigenvalue weighted by atomic mass is 10.1. The first-order valence-electron chi connectivity index (χ1n) is 6.96. The number of morpholine rings is 1. The van der Waals surface area contributed by atoms with E-state index in [4.69, 9.17) is 9.84 Å². The lowest BCUT2D eigenvalue weighted by molar-refractivity contribution is 0.0395. The Kier molecular flexibility index (Phi) is 4.02. The molecule has 114 valence electrons. The number of benzene rings is 1. The molecule has 1 atom stereocenters. The summed E-state index contributed by atoms with van der Waals surface area (Å²) in [6.07, 6.45) is -0.190. The first-order chi connectivity index (χ1) is 10.6. The van der Waals surface area contributed by atoms with E-state index >= 15 is 0 Å². The molecular weight excluding hydrogens is 287 g/mol. The second kappa shape index (κ2) is 6.11. The average molecular weight is 302 g/mol. The third-order valence-electron chi connectivity index (χ3n) is 3.59. The molecule has 1 saturated heterocycles. The van der Waals surface area contributed by atoms with Crippen LogP contribution < -0.4 is 4.90 Å². The molecule has 1 aliphatic heterocycles. The molecular formula is C16H15FN2O3. The van der Waals surface area contributed by atoms with Crippen molar-refractivity contribution in [2.75, 3.05) is 24.6 Å².